The molecule has 1 aliphatic carbocycles. The molecule has 0 spiro atoms. The van der Waals surface area contributed by atoms with Crippen LogP contribution in [-0.2, 0) is 0 Å². The van der Waals surface area contributed by atoms with Crippen molar-refractivity contribution in [3.05, 3.63) is 0 Å². The summed E-state index contributed by atoms with van der Waals surface area (Å²) in [4.78, 5) is 2.55. The maximum Gasteiger partial charge on any atom is -0.00162 e. The third-order valence-corrected chi connectivity index (χ3v) is 8.88. The quantitative estimate of drug-likeness (QED) is 0.549. The summed E-state index contributed by atoms with van der Waals surface area (Å²) in [7, 11) is 2.31. The van der Waals surface area contributed by atoms with E-state index in [-0.39, 0.29) is 0 Å². The predicted octanol–water partition coefficient (Wildman–Crippen LogP) is 6.38. The maximum atomic E-state index is 2.65. The van der Waals surface area contributed by atoms with Gasteiger partial charge in [-0.2, -0.15) is 0 Å². The zero-order valence-electron chi connectivity index (χ0n) is 17.2. The van der Waals surface area contributed by atoms with E-state index >= 15 is 0 Å². The van der Waals surface area contributed by atoms with Crippen LogP contribution in [0.3, 0.4) is 0 Å². The van der Waals surface area contributed by atoms with Gasteiger partial charge in [-0.05, 0) is 73.9 Å². The number of piperidine rings is 1. The Kier molecular flexibility index (Phi) is 5.92. The van der Waals surface area contributed by atoms with Crippen molar-refractivity contribution in [2.45, 2.75) is 92.9 Å². The van der Waals surface area contributed by atoms with E-state index in [0.29, 0.717) is 16.2 Å². The summed E-state index contributed by atoms with van der Waals surface area (Å²) >= 11 is 0. The monoisotopic (exact) mass is 321 g/mol. The first-order valence-electron chi connectivity index (χ1n) is 10.4. The van der Waals surface area contributed by atoms with Crippen LogP contribution in [-0.4, -0.2) is 25.0 Å². The van der Waals surface area contributed by atoms with Gasteiger partial charge >= 0.3 is 0 Å². The fraction of sp³-hybridized carbons (Fsp3) is 1.00. The average molecular weight is 322 g/mol. The Balaban J connectivity index is 2.39. The van der Waals surface area contributed by atoms with E-state index < -0.39 is 0 Å². The van der Waals surface area contributed by atoms with Gasteiger partial charge in [0.2, 0.25) is 0 Å². The van der Waals surface area contributed by atoms with Crippen molar-refractivity contribution in [2.24, 2.45) is 28.1 Å². The first-order valence-corrected chi connectivity index (χ1v) is 10.4. The molecule has 0 radical (unpaired) electrons. The molecular weight excluding hydrogens is 278 g/mol. The van der Waals surface area contributed by atoms with Crippen LogP contribution >= 0.6 is 0 Å². The van der Waals surface area contributed by atoms with E-state index in [0.717, 1.165) is 11.8 Å². The summed E-state index contributed by atoms with van der Waals surface area (Å²) in [6.07, 6.45) is 11.4. The van der Waals surface area contributed by atoms with Crippen molar-refractivity contribution < 1.29 is 0 Å². The number of nitrogens with zero attached hydrogens (tertiary/aromatic N) is 1. The second-order valence-electron chi connectivity index (χ2n) is 9.80. The molecule has 2 rings (SSSR count). The normalized spacial score (nSPS) is 24.5. The summed E-state index contributed by atoms with van der Waals surface area (Å²) in [6, 6.07) is 0. The number of hydrogen-bond acceptors (Lipinski definition) is 1. The van der Waals surface area contributed by atoms with Gasteiger partial charge in [-0.25, -0.2) is 0 Å². The van der Waals surface area contributed by atoms with Crippen molar-refractivity contribution in [3.63, 3.8) is 0 Å². The molecule has 0 aromatic carbocycles. The zero-order chi connectivity index (χ0) is 17.3. The van der Waals surface area contributed by atoms with E-state index in [9.17, 15) is 0 Å². The Morgan fingerprint density at radius 1 is 0.957 bits per heavy atom. The second kappa shape index (κ2) is 7.06. The van der Waals surface area contributed by atoms with E-state index in [2.05, 4.69) is 53.5 Å². The minimum Gasteiger partial charge on any atom is -0.306 e. The molecule has 0 aromatic rings. The molecule has 1 aliphatic heterocycles. The molecule has 23 heavy (non-hydrogen) atoms. The molecule has 0 bridgehead atoms. The van der Waals surface area contributed by atoms with Gasteiger partial charge in [0.05, 0.1) is 0 Å². The Morgan fingerprint density at radius 3 is 1.87 bits per heavy atom. The minimum atomic E-state index is 0.410. The molecule has 2 aliphatic rings. The lowest BCUT2D eigenvalue weighted by Gasteiger charge is -2.62. The van der Waals surface area contributed by atoms with Crippen LogP contribution in [0.4, 0.5) is 0 Å². The predicted molar refractivity (Wildman–Crippen MR) is 103 cm³/mol. The fourth-order valence-corrected chi connectivity index (χ4v) is 6.43. The molecule has 1 nitrogen and oxygen atoms in total. The molecule has 136 valence electrons. The summed E-state index contributed by atoms with van der Waals surface area (Å²) < 4.78 is 0. The summed E-state index contributed by atoms with van der Waals surface area (Å²) in [5, 5.41) is 0. The van der Waals surface area contributed by atoms with Gasteiger partial charge in [0.1, 0.15) is 0 Å². The number of rotatable bonds is 6. The fourth-order valence-electron chi connectivity index (χ4n) is 6.43. The lowest BCUT2D eigenvalue weighted by atomic mass is 9.44. The molecule has 1 heteroatoms. The number of hydrogen-bond donors (Lipinski definition) is 0. The Bertz CT molecular complexity index is 363. The van der Waals surface area contributed by atoms with Gasteiger partial charge in [-0.3, -0.25) is 0 Å². The van der Waals surface area contributed by atoms with E-state index in [1.165, 1.54) is 64.5 Å². The highest BCUT2D eigenvalue weighted by Gasteiger charge is 2.58. The zero-order valence-corrected chi connectivity index (χ0v) is 17.2. The standard InChI is InChI=1S/C22H43N/c1-8-18(9-2)22(14-16-23(7)17-15-22)21(5,6)20(3,4)19-12-10-11-13-19/h18-19H,8-17H2,1-7H3. The molecule has 1 saturated carbocycles. The summed E-state index contributed by atoms with van der Waals surface area (Å²) in [5.41, 5.74) is 1.38. The van der Waals surface area contributed by atoms with Gasteiger partial charge in [0, 0.05) is 0 Å². The lowest BCUT2D eigenvalue weighted by molar-refractivity contribution is -0.136. The van der Waals surface area contributed by atoms with Crippen LogP contribution in [0.25, 0.3) is 0 Å². The summed E-state index contributed by atoms with van der Waals surface area (Å²) in [5.74, 6) is 1.82. The molecule has 1 saturated heterocycles. The van der Waals surface area contributed by atoms with Gasteiger partial charge in [-0.1, -0.05) is 67.2 Å². The minimum absolute atomic E-state index is 0.410. The first-order chi connectivity index (χ1) is 10.7. The smallest absolute Gasteiger partial charge is 0.00162 e. The van der Waals surface area contributed by atoms with E-state index in [1.807, 2.05) is 0 Å². The highest BCUT2D eigenvalue weighted by molar-refractivity contribution is 5.07. The molecule has 0 amide bonds. The first kappa shape index (κ1) is 19.3. The molecular formula is C22H43N. The molecule has 1 heterocycles. The van der Waals surface area contributed by atoms with Crippen molar-refractivity contribution >= 4 is 0 Å². The molecule has 0 atom stereocenters. The lowest BCUT2D eigenvalue weighted by Crippen LogP contribution is -2.57. The van der Waals surface area contributed by atoms with Crippen molar-refractivity contribution in [1.29, 1.82) is 0 Å². The van der Waals surface area contributed by atoms with Crippen LogP contribution in [0.15, 0.2) is 0 Å². The maximum absolute atomic E-state index is 2.65. The van der Waals surface area contributed by atoms with Crippen LogP contribution in [0.5, 0.6) is 0 Å². The van der Waals surface area contributed by atoms with E-state index in [1.54, 1.807) is 0 Å². The van der Waals surface area contributed by atoms with Gasteiger partial charge < -0.3 is 4.90 Å². The van der Waals surface area contributed by atoms with Crippen LogP contribution in [0, 0.1) is 28.1 Å². The van der Waals surface area contributed by atoms with E-state index in [4.69, 9.17) is 0 Å². The second-order valence-corrected chi connectivity index (χ2v) is 9.80. The van der Waals surface area contributed by atoms with Gasteiger partial charge in [-0.15, -0.1) is 0 Å². The van der Waals surface area contributed by atoms with Crippen LogP contribution in [0.1, 0.15) is 92.9 Å². The van der Waals surface area contributed by atoms with Crippen molar-refractivity contribution in [3.8, 4) is 0 Å². The highest BCUT2D eigenvalue weighted by Crippen LogP contribution is 2.64. The Hall–Kier alpha value is -0.0400. The SMILES string of the molecule is CCC(CC)C1(C(C)(C)C(C)(C)C2CCCC2)CCN(C)CC1. The molecule has 0 unspecified atom stereocenters. The van der Waals surface area contributed by atoms with Crippen molar-refractivity contribution in [1.82, 2.24) is 4.90 Å². The molecule has 0 aromatic heterocycles. The topological polar surface area (TPSA) is 3.24 Å². The van der Waals surface area contributed by atoms with Gasteiger partial charge in [0.15, 0.2) is 0 Å². The average Bonchev–Trinajstić information content (AvgIpc) is 3.05. The molecule has 2 fully saturated rings. The molecule has 0 N–H and O–H groups in total. The van der Waals surface area contributed by atoms with Crippen LogP contribution < -0.4 is 0 Å². The third kappa shape index (κ3) is 3.12. The van der Waals surface area contributed by atoms with Crippen LogP contribution in [0.2, 0.25) is 0 Å². The number of likely N-dealkylation sites (tertiary alicyclic amines) is 1. The Labute approximate surface area is 146 Å². The van der Waals surface area contributed by atoms with Gasteiger partial charge in [0.25, 0.3) is 0 Å². The largest absolute Gasteiger partial charge is 0.306 e. The third-order valence-electron chi connectivity index (χ3n) is 8.88. The Morgan fingerprint density at radius 2 is 1.43 bits per heavy atom. The summed E-state index contributed by atoms with van der Waals surface area (Å²) in [6.45, 7) is 18.0. The highest BCUT2D eigenvalue weighted by atomic mass is 15.1. The van der Waals surface area contributed by atoms with Crippen molar-refractivity contribution in [2.75, 3.05) is 20.1 Å².